The van der Waals surface area contributed by atoms with Gasteiger partial charge in [-0.05, 0) is 83.5 Å². The molecule has 0 aliphatic carbocycles. The average Bonchev–Trinajstić information content (AvgIpc) is 3.34. The van der Waals surface area contributed by atoms with Gasteiger partial charge in [-0.1, -0.05) is 221 Å². The smallest absolute Gasteiger partial charge is 0.220 e. The zero-order chi connectivity index (χ0) is 49.4. The Balaban J connectivity index is 2.29. The van der Waals surface area contributed by atoms with Crippen LogP contribution in [0.3, 0.4) is 0 Å². The first kappa shape index (κ1) is 63.4. The molecule has 1 heterocycles. The van der Waals surface area contributed by atoms with Crippen molar-refractivity contribution in [1.29, 1.82) is 0 Å². The number of hydrogen-bond donors (Lipinski definition) is 6. The van der Waals surface area contributed by atoms with Gasteiger partial charge in [-0.25, -0.2) is 0 Å². The summed E-state index contributed by atoms with van der Waals surface area (Å²) in [6.07, 6.45) is 60.8. The van der Waals surface area contributed by atoms with Crippen molar-refractivity contribution in [3.63, 3.8) is 0 Å². The molecule has 0 spiro atoms. The highest BCUT2D eigenvalue weighted by atomic mass is 16.7. The zero-order valence-corrected chi connectivity index (χ0v) is 43.3. The van der Waals surface area contributed by atoms with E-state index in [1.54, 1.807) is 6.08 Å². The van der Waals surface area contributed by atoms with E-state index in [4.69, 9.17) is 9.47 Å². The van der Waals surface area contributed by atoms with Gasteiger partial charge in [-0.15, -0.1) is 0 Å². The molecule has 0 aromatic carbocycles. The van der Waals surface area contributed by atoms with Crippen molar-refractivity contribution < 1.29 is 39.8 Å². The maximum Gasteiger partial charge on any atom is 0.220 e. The van der Waals surface area contributed by atoms with Crippen molar-refractivity contribution in [3.8, 4) is 0 Å². The van der Waals surface area contributed by atoms with Crippen molar-refractivity contribution in [1.82, 2.24) is 5.32 Å². The molecule has 1 aliphatic rings. The number of carbonyl (C=O) groups excluding carboxylic acids is 1. The second-order valence-corrected chi connectivity index (χ2v) is 19.0. The van der Waals surface area contributed by atoms with Crippen LogP contribution in [0.15, 0.2) is 85.1 Å². The minimum absolute atomic E-state index is 0.216. The lowest BCUT2D eigenvalue weighted by molar-refractivity contribution is -0.302. The molecular weight excluding hydrogens is 851 g/mol. The number of allylic oxidation sites excluding steroid dienone is 13. The molecule has 7 atom stereocenters. The zero-order valence-electron chi connectivity index (χ0n) is 43.3. The Kier molecular flexibility index (Phi) is 44.8. The summed E-state index contributed by atoms with van der Waals surface area (Å²) in [6, 6.07) is -0.847. The highest BCUT2D eigenvalue weighted by Gasteiger charge is 2.44. The molecule has 9 nitrogen and oxygen atoms in total. The Hall–Kier alpha value is -2.63. The average molecular weight is 954 g/mol. The molecule has 0 aromatic heterocycles. The van der Waals surface area contributed by atoms with Crippen molar-refractivity contribution in [2.45, 2.75) is 269 Å². The van der Waals surface area contributed by atoms with Gasteiger partial charge in [0.15, 0.2) is 6.29 Å². The van der Waals surface area contributed by atoms with Crippen LogP contribution in [0.2, 0.25) is 0 Å². The van der Waals surface area contributed by atoms with Crippen LogP contribution in [0.25, 0.3) is 0 Å². The number of aliphatic hydroxyl groups excluding tert-OH is 5. The van der Waals surface area contributed by atoms with Gasteiger partial charge >= 0.3 is 0 Å². The van der Waals surface area contributed by atoms with E-state index in [2.05, 4.69) is 92.1 Å². The fourth-order valence-electron chi connectivity index (χ4n) is 8.30. The Morgan fingerprint density at radius 2 is 0.926 bits per heavy atom. The van der Waals surface area contributed by atoms with Crippen LogP contribution in [0, 0.1) is 0 Å². The molecule has 0 saturated carbocycles. The van der Waals surface area contributed by atoms with Crippen LogP contribution >= 0.6 is 0 Å². The quantitative estimate of drug-likeness (QED) is 0.0261. The fourth-order valence-corrected chi connectivity index (χ4v) is 8.30. The minimum atomic E-state index is -1.58. The van der Waals surface area contributed by atoms with E-state index in [0.717, 1.165) is 77.0 Å². The molecule has 0 bridgehead atoms. The number of unbranched alkanes of at least 4 members (excludes halogenated alkanes) is 24. The maximum atomic E-state index is 13.0. The van der Waals surface area contributed by atoms with Crippen LogP contribution in [-0.2, 0) is 14.3 Å². The monoisotopic (exact) mass is 954 g/mol. The third-order valence-electron chi connectivity index (χ3n) is 12.7. The molecule has 1 amide bonds. The molecule has 6 N–H and O–H groups in total. The Labute approximate surface area is 416 Å². The van der Waals surface area contributed by atoms with E-state index in [1.165, 1.54) is 122 Å². The molecule has 9 heteroatoms. The number of hydrogen-bond acceptors (Lipinski definition) is 8. The summed E-state index contributed by atoms with van der Waals surface area (Å²) < 4.78 is 11.2. The van der Waals surface area contributed by atoms with E-state index in [-0.39, 0.29) is 12.5 Å². The SMILES string of the molecule is CC/C=C\C/C=C\C/C=C\C/C=C\CCCCCCC(=O)NC(COC1OC(CO)C(O)C(O)C1O)C(O)/C=C/CC/C=C/CC/C=C/CCCCCCCCCCCCCCCCCCCC. The van der Waals surface area contributed by atoms with Crippen LogP contribution in [0.4, 0.5) is 0 Å². The van der Waals surface area contributed by atoms with E-state index >= 15 is 0 Å². The molecule has 1 aliphatic heterocycles. The number of amides is 1. The van der Waals surface area contributed by atoms with Gasteiger partial charge in [0.05, 0.1) is 25.4 Å². The standard InChI is InChI=1S/C59H103NO8/c1-3-5-7-9-11-13-15-17-19-21-22-23-24-25-26-27-28-29-30-31-33-34-36-38-40-42-44-46-48-53(62)52(51-67-59-58(66)57(65)56(64)54(50-61)68-59)60-55(63)49-47-45-43-41-39-37-35-32-20-18-16-14-12-10-8-6-4-2/h6,8,12,14,18,20,31,33,35,37-38,40,46,48,52-54,56-59,61-62,64-66H,3-5,7,9-11,13,15-17,19,21-30,32,34,36,39,41-45,47,49-51H2,1-2H3,(H,60,63)/b8-6-,14-12-,20-18-,33-31+,37-35-,40-38+,48-46+. The summed E-state index contributed by atoms with van der Waals surface area (Å²) in [7, 11) is 0. The molecule has 1 fully saturated rings. The van der Waals surface area contributed by atoms with E-state index in [1.807, 2.05) is 6.08 Å². The topological polar surface area (TPSA) is 149 Å². The first-order valence-corrected chi connectivity index (χ1v) is 27.8. The second kappa shape index (κ2) is 48.0. The maximum absolute atomic E-state index is 13.0. The second-order valence-electron chi connectivity index (χ2n) is 19.0. The molecular formula is C59H103NO8. The summed E-state index contributed by atoms with van der Waals surface area (Å²) in [5.41, 5.74) is 0. The molecule has 1 saturated heterocycles. The van der Waals surface area contributed by atoms with E-state index < -0.39 is 49.5 Å². The van der Waals surface area contributed by atoms with Gasteiger partial charge in [0.2, 0.25) is 5.91 Å². The molecule has 392 valence electrons. The summed E-state index contributed by atoms with van der Waals surface area (Å²) >= 11 is 0. The number of carbonyl (C=O) groups is 1. The predicted octanol–water partition coefficient (Wildman–Crippen LogP) is 13.5. The van der Waals surface area contributed by atoms with Crippen LogP contribution in [0.5, 0.6) is 0 Å². The van der Waals surface area contributed by atoms with E-state index in [9.17, 15) is 30.3 Å². The molecule has 0 radical (unpaired) electrons. The third kappa shape index (κ3) is 37.2. The molecule has 68 heavy (non-hydrogen) atoms. The molecule has 0 aromatic rings. The Morgan fingerprint density at radius 1 is 0.515 bits per heavy atom. The lowest BCUT2D eigenvalue weighted by atomic mass is 9.99. The summed E-state index contributed by atoms with van der Waals surface area (Å²) in [5, 5.41) is 54.4. The number of rotatable bonds is 46. The Bertz CT molecular complexity index is 1340. The first-order valence-electron chi connectivity index (χ1n) is 27.8. The largest absolute Gasteiger partial charge is 0.394 e. The Morgan fingerprint density at radius 3 is 1.41 bits per heavy atom. The lowest BCUT2D eigenvalue weighted by Crippen LogP contribution is -2.60. The lowest BCUT2D eigenvalue weighted by Gasteiger charge is -2.40. The van der Waals surface area contributed by atoms with Gasteiger partial charge in [0.25, 0.3) is 0 Å². The van der Waals surface area contributed by atoms with Crippen molar-refractivity contribution in [2.75, 3.05) is 13.2 Å². The summed E-state index contributed by atoms with van der Waals surface area (Å²) in [4.78, 5) is 13.0. The number of aliphatic hydroxyl groups is 5. The minimum Gasteiger partial charge on any atom is -0.394 e. The molecule has 7 unspecified atom stereocenters. The van der Waals surface area contributed by atoms with Crippen LogP contribution in [0.1, 0.15) is 226 Å². The van der Waals surface area contributed by atoms with Crippen LogP contribution in [-0.4, -0.2) is 87.5 Å². The molecule has 1 rings (SSSR count). The van der Waals surface area contributed by atoms with Crippen LogP contribution < -0.4 is 5.32 Å². The van der Waals surface area contributed by atoms with Crippen molar-refractivity contribution in [2.24, 2.45) is 0 Å². The summed E-state index contributed by atoms with van der Waals surface area (Å²) in [5.74, 6) is -0.216. The van der Waals surface area contributed by atoms with E-state index in [0.29, 0.717) is 12.8 Å². The van der Waals surface area contributed by atoms with Gasteiger partial charge in [0.1, 0.15) is 24.4 Å². The first-order chi connectivity index (χ1) is 33.3. The third-order valence-corrected chi connectivity index (χ3v) is 12.7. The number of ether oxygens (including phenoxy) is 2. The number of nitrogens with one attached hydrogen (secondary N) is 1. The highest BCUT2D eigenvalue weighted by molar-refractivity contribution is 5.76. The summed E-state index contributed by atoms with van der Waals surface area (Å²) in [6.45, 7) is 3.63. The predicted molar refractivity (Wildman–Crippen MR) is 285 cm³/mol. The van der Waals surface area contributed by atoms with Crippen molar-refractivity contribution in [3.05, 3.63) is 85.1 Å². The van der Waals surface area contributed by atoms with Crippen molar-refractivity contribution >= 4 is 5.91 Å². The normalized spacial score (nSPS) is 20.2. The van der Waals surface area contributed by atoms with Gasteiger partial charge in [-0.3, -0.25) is 4.79 Å². The van der Waals surface area contributed by atoms with Gasteiger partial charge in [-0.2, -0.15) is 0 Å². The fraction of sp³-hybridized carbons (Fsp3) is 0.746. The van der Waals surface area contributed by atoms with Gasteiger partial charge < -0.3 is 40.3 Å². The van der Waals surface area contributed by atoms with Gasteiger partial charge in [0, 0.05) is 6.42 Å². The highest BCUT2D eigenvalue weighted by Crippen LogP contribution is 2.23.